The molecule has 0 saturated carbocycles. The van der Waals surface area contributed by atoms with Crippen LogP contribution in [0.2, 0.25) is 0 Å². The van der Waals surface area contributed by atoms with E-state index >= 15 is 0 Å². The SMILES string of the molecule is CCOC1=CC(=O)C(C)(C)SC1(C)C. The van der Waals surface area contributed by atoms with Crippen LogP contribution in [0.25, 0.3) is 0 Å². The molecule has 0 aromatic carbocycles. The molecule has 0 unspecified atom stereocenters. The van der Waals surface area contributed by atoms with Gasteiger partial charge >= 0.3 is 0 Å². The molecule has 0 amide bonds. The van der Waals surface area contributed by atoms with E-state index in [9.17, 15) is 4.79 Å². The second-order valence-electron chi connectivity index (χ2n) is 4.43. The first-order valence-electron chi connectivity index (χ1n) is 4.89. The van der Waals surface area contributed by atoms with Gasteiger partial charge < -0.3 is 4.74 Å². The van der Waals surface area contributed by atoms with Gasteiger partial charge in [-0.1, -0.05) is 0 Å². The fourth-order valence-corrected chi connectivity index (χ4v) is 3.23. The van der Waals surface area contributed by atoms with Crippen LogP contribution in [-0.4, -0.2) is 21.9 Å². The molecule has 14 heavy (non-hydrogen) atoms. The summed E-state index contributed by atoms with van der Waals surface area (Å²) in [5.74, 6) is 0.944. The fraction of sp³-hybridized carbons (Fsp3) is 0.727. The van der Waals surface area contributed by atoms with E-state index in [-0.39, 0.29) is 15.3 Å². The Morgan fingerprint density at radius 3 is 2.36 bits per heavy atom. The van der Waals surface area contributed by atoms with E-state index in [0.717, 1.165) is 5.76 Å². The first-order valence-corrected chi connectivity index (χ1v) is 5.71. The van der Waals surface area contributed by atoms with Gasteiger partial charge in [0, 0.05) is 6.08 Å². The minimum atomic E-state index is -0.329. The molecule has 1 rings (SSSR count). The Bertz CT molecular complexity index is 277. The highest BCUT2D eigenvalue weighted by Gasteiger charge is 2.42. The number of ether oxygens (including phenoxy) is 1. The van der Waals surface area contributed by atoms with Crippen molar-refractivity contribution < 1.29 is 9.53 Å². The summed E-state index contributed by atoms with van der Waals surface area (Å²) in [6.07, 6.45) is 1.65. The lowest BCUT2D eigenvalue weighted by molar-refractivity contribution is -0.116. The van der Waals surface area contributed by atoms with Crippen LogP contribution in [0.1, 0.15) is 34.6 Å². The molecule has 0 atom stereocenters. The zero-order valence-electron chi connectivity index (χ0n) is 9.51. The Balaban J connectivity index is 3.01. The Morgan fingerprint density at radius 1 is 1.29 bits per heavy atom. The zero-order chi connectivity index (χ0) is 11.0. The lowest BCUT2D eigenvalue weighted by Gasteiger charge is -2.38. The molecule has 2 nitrogen and oxygen atoms in total. The molecular formula is C11H18O2S. The molecule has 1 aliphatic heterocycles. The average Bonchev–Trinajstić information content (AvgIpc) is 1.99. The second-order valence-corrected chi connectivity index (χ2v) is 6.67. The number of rotatable bonds is 2. The predicted octanol–water partition coefficient (Wildman–Crippen LogP) is 2.78. The third-order valence-corrected chi connectivity index (χ3v) is 3.68. The van der Waals surface area contributed by atoms with Crippen LogP contribution in [0.4, 0.5) is 0 Å². The van der Waals surface area contributed by atoms with Crippen molar-refractivity contribution in [2.24, 2.45) is 0 Å². The molecule has 1 aliphatic rings. The summed E-state index contributed by atoms with van der Waals surface area (Å²) in [4.78, 5) is 11.7. The van der Waals surface area contributed by atoms with Gasteiger partial charge in [0.05, 0.1) is 16.1 Å². The number of carbonyl (C=O) groups is 1. The highest BCUT2D eigenvalue weighted by Crippen LogP contribution is 2.45. The van der Waals surface area contributed by atoms with Crippen molar-refractivity contribution in [1.29, 1.82) is 0 Å². The van der Waals surface area contributed by atoms with Gasteiger partial charge in [-0.05, 0) is 34.6 Å². The van der Waals surface area contributed by atoms with Crippen molar-refractivity contribution in [2.75, 3.05) is 6.61 Å². The van der Waals surface area contributed by atoms with E-state index in [2.05, 4.69) is 13.8 Å². The van der Waals surface area contributed by atoms with Crippen LogP contribution in [0.5, 0.6) is 0 Å². The lowest BCUT2D eigenvalue weighted by atomic mass is 10.0. The summed E-state index contributed by atoms with van der Waals surface area (Å²) in [5, 5.41) is 0. The maximum Gasteiger partial charge on any atom is 0.174 e. The monoisotopic (exact) mass is 214 g/mol. The maximum atomic E-state index is 11.7. The third kappa shape index (κ3) is 2.14. The van der Waals surface area contributed by atoms with Gasteiger partial charge in [0.15, 0.2) is 5.78 Å². The first kappa shape index (κ1) is 11.6. The smallest absolute Gasteiger partial charge is 0.174 e. The van der Waals surface area contributed by atoms with E-state index < -0.39 is 0 Å². The van der Waals surface area contributed by atoms with Crippen LogP contribution in [-0.2, 0) is 9.53 Å². The zero-order valence-corrected chi connectivity index (χ0v) is 10.3. The minimum absolute atomic E-state index is 0.104. The molecule has 0 N–H and O–H groups in total. The standard InChI is InChI=1S/C11H18O2S/c1-6-13-9-7-8(12)10(2,3)14-11(9,4)5/h7H,6H2,1-5H3. The van der Waals surface area contributed by atoms with Crippen LogP contribution in [0, 0.1) is 0 Å². The highest BCUT2D eigenvalue weighted by atomic mass is 32.2. The van der Waals surface area contributed by atoms with Crippen molar-refractivity contribution in [1.82, 2.24) is 0 Å². The molecule has 0 radical (unpaired) electrons. The molecule has 0 aliphatic carbocycles. The summed E-state index contributed by atoms with van der Waals surface area (Å²) in [6, 6.07) is 0. The predicted molar refractivity (Wildman–Crippen MR) is 60.5 cm³/mol. The van der Waals surface area contributed by atoms with Crippen molar-refractivity contribution in [3.8, 4) is 0 Å². The van der Waals surface area contributed by atoms with Gasteiger partial charge in [0.2, 0.25) is 0 Å². The number of hydrogen-bond donors (Lipinski definition) is 0. The van der Waals surface area contributed by atoms with Crippen molar-refractivity contribution in [2.45, 2.75) is 44.1 Å². The molecule has 0 fully saturated rings. The van der Waals surface area contributed by atoms with Gasteiger partial charge in [-0.15, -0.1) is 11.8 Å². The quantitative estimate of drug-likeness (QED) is 0.707. The van der Waals surface area contributed by atoms with Crippen LogP contribution >= 0.6 is 11.8 Å². The first-order chi connectivity index (χ1) is 6.29. The van der Waals surface area contributed by atoms with E-state index in [1.54, 1.807) is 17.8 Å². The third-order valence-electron chi connectivity index (χ3n) is 2.26. The van der Waals surface area contributed by atoms with E-state index in [1.165, 1.54) is 0 Å². The largest absolute Gasteiger partial charge is 0.497 e. The molecule has 80 valence electrons. The normalized spacial score (nSPS) is 24.4. The average molecular weight is 214 g/mol. The summed E-state index contributed by atoms with van der Waals surface area (Å²) in [6.45, 7) is 10.7. The number of ketones is 1. The number of thioether (sulfide) groups is 1. The number of allylic oxidation sites excluding steroid dienone is 1. The Labute approximate surface area is 90.1 Å². The van der Waals surface area contributed by atoms with Crippen molar-refractivity contribution >= 4 is 17.5 Å². The van der Waals surface area contributed by atoms with E-state index in [1.807, 2.05) is 20.8 Å². The number of hydrogen-bond acceptors (Lipinski definition) is 3. The second kappa shape index (κ2) is 3.61. The summed E-state index contributed by atoms with van der Waals surface area (Å²) in [5.41, 5.74) is 0. The minimum Gasteiger partial charge on any atom is -0.497 e. The Morgan fingerprint density at radius 2 is 1.86 bits per heavy atom. The maximum absolute atomic E-state index is 11.7. The molecule has 0 bridgehead atoms. The van der Waals surface area contributed by atoms with Crippen LogP contribution in [0.15, 0.2) is 11.8 Å². The Kier molecular flexibility index (Phi) is 3.00. The van der Waals surface area contributed by atoms with E-state index in [0.29, 0.717) is 6.61 Å². The van der Waals surface area contributed by atoms with Gasteiger partial charge in [0.25, 0.3) is 0 Å². The molecule has 1 heterocycles. The van der Waals surface area contributed by atoms with Crippen molar-refractivity contribution in [3.63, 3.8) is 0 Å². The summed E-state index contributed by atoms with van der Waals surface area (Å²) >= 11 is 1.66. The molecular weight excluding hydrogens is 196 g/mol. The molecule has 0 aromatic rings. The topological polar surface area (TPSA) is 26.3 Å². The fourth-order valence-electron chi connectivity index (χ4n) is 1.58. The van der Waals surface area contributed by atoms with Crippen molar-refractivity contribution in [3.05, 3.63) is 11.8 Å². The summed E-state index contributed by atoms with van der Waals surface area (Å²) < 4.78 is 5.05. The van der Waals surface area contributed by atoms with E-state index in [4.69, 9.17) is 4.74 Å². The molecule has 0 aromatic heterocycles. The summed E-state index contributed by atoms with van der Waals surface area (Å²) in [7, 11) is 0. The van der Waals surface area contributed by atoms with Gasteiger partial charge in [-0.2, -0.15) is 0 Å². The van der Waals surface area contributed by atoms with Crippen LogP contribution < -0.4 is 0 Å². The van der Waals surface area contributed by atoms with Gasteiger partial charge in [-0.25, -0.2) is 0 Å². The van der Waals surface area contributed by atoms with Gasteiger partial charge in [-0.3, -0.25) is 4.79 Å². The molecule has 3 heteroatoms. The van der Waals surface area contributed by atoms with Crippen LogP contribution in [0.3, 0.4) is 0 Å². The Hall–Kier alpha value is -0.440. The molecule has 0 saturated heterocycles. The highest BCUT2D eigenvalue weighted by molar-refractivity contribution is 8.03. The number of carbonyl (C=O) groups excluding carboxylic acids is 1. The molecule has 0 spiro atoms. The van der Waals surface area contributed by atoms with Gasteiger partial charge in [0.1, 0.15) is 5.76 Å². The lowest BCUT2D eigenvalue weighted by Crippen LogP contribution is -2.39.